The summed E-state index contributed by atoms with van der Waals surface area (Å²) in [4.78, 5) is 21.7. The molecule has 2 aromatic heterocycles. The highest BCUT2D eigenvalue weighted by molar-refractivity contribution is 6.05. The van der Waals surface area contributed by atoms with Gasteiger partial charge in [-0.25, -0.2) is 4.98 Å². The molecule has 1 aliphatic rings. The summed E-state index contributed by atoms with van der Waals surface area (Å²) in [5, 5.41) is 6.10. The van der Waals surface area contributed by atoms with Crippen molar-refractivity contribution in [3.63, 3.8) is 0 Å². The van der Waals surface area contributed by atoms with E-state index >= 15 is 0 Å². The van der Waals surface area contributed by atoms with Gasteiger partial charge in [0.25, 0.3) is 5.56 Å². The van der Waals surface area contributed by atoms with Gasteiger partial charge in [0, 0.05) is 41.1 Å². The van der Waals surface area contributed by atoms with Crippen molar-refractivity contribution in [2.75, 3.05) is 31.5 Å². The summed E-state index contributed by atoms with van der Waals surface area (Å²) in [5.41, 5.74) is 1.60. The molecule has 4 rings (SSSR count). The predicted molar refractivity (Wildman–Crippen MR) is 94.0 cm³/mol. The van der Waals surface area contributed by atoms with Gasteiger partial charge in [0.2, 0.25) is 0 Å². The number of fused-ring (bicyclic) bond motifs is 3. The highest BCUT2D eigenvalue weighted by Crippen LogP contribution is 2.23. The number of likely N-dealkylation sites (tertiary alicyclic amines) is 1. The number of anilines is 1. The first kappa shape index (κ1) is 14.2. The van der Waals surface area contributed by atoms with E-state index in [0.29, 0.717) is 11.0 Å². The van der Waals surface area contributed by atoms with Gasteiger partial charge in [-0.05, 0) is 56.3 Å². The number of nitrogens with zero attached hydrogens (tertiary/aromatic N) is 2. The van der Waals surface area contributed by atoms with Crippen LogP contribution in [0.4, 0.5) is 5.69 Å². The largest absolute Gasteiger partial charge is 0.384 e. The SMILES string of the molecule is O=c1[nH]c2ncccc2c2cc(NCCN3CCCC3)ccc12. The van der Waals surface area contributed by atoms with E-state index < -0.39 is 0 Å². The normalized spacial score (nSPS) is 15.5. The van der Waals surface area contributed by atoms with E-state index in [1.54, 1.807) is 6.20 Å². The van der Waals surface area contributed by atoms with E-state index in [1.807, 2.05) is 24.3 Å². The molecule has 1 aromatic carbocycles. The minimum absolute atomic E-state index is 0.0881. The Morgan fingerprint density at radius 2 is 2.00 bits per heavy atom. The number of aromatic nitrogens is 2. The van der Waals surface area contributed by atoms with Gasteiger partial charge in [-0.3, -0.25) is 4.79 Å². The second-order valence-corrected chi connectivity index (χ2v) is 6.09. The van der Waals surface area contributed by atoms with Crippen molar-refractivity contribution in [2.24, 2.45) is 0 Å². The number of rotatable bonds is 4. The molecule has 0 amide bonds. The lowest BCUT2D eigenvalue weighted by Crippen LogP contribution is -2.25. The van der Waals surface area contributed by atoms with Gasteiger partial charge >= 0.3 is 0 Å². The molecular weight excluding hydrogens is 288 g/mol. The second kappa shape index (κ2) is 6.01. The van der Waals surface area contributed by atoms with Crippen LogP contribution in [0.5, 0.6) is 0 Å². The Kier molecular flexibility index (Phi) is 3.71. The van der Waals surface area contributed by atoms with Gasteiger partial charge in [-0.1, -0.05) is 0 Å². The Morgan fingerprint density at radius 1 is 1.13 bits per heavy atom. The van der Waals surface area contributed by atoms with Crippen molar-refractivity contribution < 1.29 is 0 Å². The molecule has 118 valence electrons. The molecule has 0 saturated carbocycles. The maximum Gasteiger partial charge on any atom is 0.257 e. The molecule has 0 aliphatic carbocycles. The fourth-order valence-corrected chi connectivity index (χ4v) is 3.34. The van der Waals surface area contributed by atoms with Gasteiger partial charge < -0.3 is 15.2 Å². The van der Waals surface area contributed by atoms with Crippen LogP contribution in [0.3, 0.4) is 0 Å². The molecular formula is C18H20N4O. The lowest BCUT2D eigenvalue weighted by molar-refractivity contribution is 0.353. The fourth-order valence-electron chi connectivity index (χ4n) is 3.34. The first-order chi connectivity index (χ1) is 11.3. The summed E-state index contributed by atoms with van der Waals surface area (Å²) in [6.45, 7) is 4.41. The van der Waals surface area contributed by atoms with Crippen molar-refractivity contribution in [1.29, 1.82) is 0 Å². The zero-order valence-electron chi connectivity index (χ0n) is 13.0. The zero-order valence-corrected chi connectivity index (χ0v) is 13.0. The molecule has 5 nitrogen and oxygen atoms in total. The van der Waals surface area contributed by atoms with Crippen molar-refractivity contribution in [3.8, 4) is 0 Å². The summed E-state index contributed by atoms with van der Waals surface area (Å²) >= 11 is 0. The van der Waals surface area contributed by atoms with Crippen LogP contribution < -0.4 is 10.9 Å². The van der Waals surface area contributed by atoms with Crippen molar-refractivity contribution >= 4 is 27.5 Å². The summed E-state index contributed by atoms with van der Waals surface area (Å²) in [6, 6.07) is 9.81. The van der Waals surface area contributed by atoms with E-state index in [4.69, 9.17) is 0 Å². The standard InChI is InChI=1S/C18H20N4O/c23-18-15-6-5-13(19-8-11-22-9-1-2-10-22)12-16(15)14-4-3-7-20-17(14)21-18/h3-7,12,19H,1-2,8-11H2,(H,20,21,23). The Bertz CT molecular complexity index is 896. The third-order valence-electron chi connectivity index (χ3n) is 4.55. The van der Waals surface area contributed by atoms with Crippen LogP contribution in [-0.2, 0) is 0 Å². The molecule has 2 N–H and O–H groups in total. The van der Waals surface area contributed by atoms with Crippen LogP contribution in [0.2, 0.25) is 0 Å². The third-order valence-corrected chi connectivity index (χ3v) is 4.55. The highest BCUT2D eigenvalue weighted by Gasteiger charge is 2.10. The van der Waals surface area contributed by atoms with E-state index in [9.17, 15) is 4.79 Å². The number of nitrogens with one attached hydrogen (secondary N) is 2. The van der Waals surface area contributed by atoms with Crippen LogP contribution in [-0.4, -0.2) is 41.0 Å². The molecule has 5 heteroatoms. The topological polar surface area (TPSA) is 61.0 Å². The maximum atomic E-state index is 12.2. The molecule has 3 heterocycles. The average molecular weight is 308 g/mol. The van der Waals surface area contributed by atoms with Crippen LogP contribution in [0.1, 0.15) is 12.8 Å². The highest BCUT2D eigenvalue weighted by atomic mass is 16.1. The summed E-state index contributed by atoms with van der Waals surface area (Å²) < 4.78 is 0. The van der Waals surface area contributed by atoms with Crippen LogP contribution in [0, 0.1) is 0 Å². The first-order valence-corrected chi connectivity index (χ1v) is 8.18. The van der Waals surface area contributed by atoms with Crippen LogP contribution in [0.25, 0.3) is 21.8 Å². The van der Waals surface area contributed by atoms with Crippen molar-refractivity contribution in [3.05, 3.63) is 46.9 Å². The minimum atomic E-state index is -0.0881. The number of hydrogen-bond donors (Lipinski definition) is 2. The fraction of sp³-hybridized carbons (Fsp3) is 0.333. The molecule has 23 heavy (non-hydrogen) atoms. The second-order valence-electron chi connectivity index (χ2n) is 6.09. The Morgan fingerprint density at radius 3 is 2.87 bits per heavy atom. The third kappa shape index (κ3) is 2.80. The molecule has 0 unspecified atom stereocenters. The zero-order chi connectivity index (χ0) is 15.6. The molecule has 3 aromatic rings. The predicted octanol–water partition coefficient (Wildman–Crippen LogP) is 2.58. The minimum Gasteiger partial charge on any atom is -0.384 e. The number of benzene rings is 1. The molecule has 1 saturated heterocycles. The van der Waals surface area contributed by atoms with Gasteiger partial charge in [0.15, 0.2) is 0 Å². The van der Waals surface area contributed by atoms with Crippen molar-refractivity contribution in [1.82, 2.24) is 14.9 Å². The smallest absolute Gasteiger partial charge is 0.257 e. The van der Waals surface area contributed by atoms with E-state index in [1.165, 1.54) is 25.9 Å². The molecule has 0 bridgehead atoms. The number of aromatic amines is 1. The van der Waals surface area contributed by atoms with Crippen molar-refractivity contribution in [2.45, 2.75) is 12.8 Å². The number of H-pyrrole nitrogens is 1. The number of pyridine rings is 2. The van der Waals surface area contributed by atoms with Gasteiger partial charge in [-0.2, -0.15) is 0 Å². The maximum absolute atomic E-state index is 12.2. The van der Waals surface area contributed by atoms with Gasteiger partial charge in [0.05, 0.1) is 0 Å². The molecule has 1 fully saturated rings. The molecule has 0 radical (unpaired) electrons. The van der Waals surface area contributed by atoms with E-state index in [-0.39, 0.29) is 5.56 Å². The lowest BCUT2D eigenvalue weighted by atomic mass is 10.1. The monoisotopic (exact) mass is 308 g/mol. The number of hydrogen-bond acceptors (Lipinski definition) is 4. The molecule has 0 spiro atoms. The van der Waals surface area contributed by atoms with E-state index in [2.05, 4.69) is 26.3 Å². The van der Waals surface area contributed by atoms with Gasteiger partial charge in [0.1, 0.15) is 5.65 Å². The average Bonchev–Trinajstić information content (AvgIpc) is 3.08. The Labute approximate surface area is 134 Å². The first-order valence-electron chi connectivity index (χ1n) is 8.18. The summed E-state index contributed by atoms with van der Waals surface area (Å²) in [5.74, 6) is 0. The van der Waals surface area contributed by atoms with Gasteiger partial charge in [-0.15, -0.1) is 0 Å². The summed E-state index contributed by atoms with van der Waals surface area (Å²) in [7, 11) is 0. The Hall–Kier alpha value is -2.40. The van der Waals surface area contributed by atoms with Crippen LogP contribution in [0.15, 0.2) is 41.3 Å². The Balaban J connectivity index is 1.63. The summed E-state index contributed by atoms with van der Waals surface area (Å²) in [6.07, 6.45) is 4.33. The lowest BCUT2D eigenvalue weighted by Gasteiger charge is -2.15. The van der Waals surface area contributed by atoms with Crippen LogP contribution >= 0.6 is 0 Å². The molecule has 1 aliphatic heterocycles. The molecule has 0 atom stereocenters. The van der Waals surface area contributed by atoms with E-state index in [0.717, 1.165) is 29.5 Å². The quantitative estimate of drug-likeness (QED) is 0.727.